The molecule has 5 nitrogen and oxygen atoms in total. The van der Waals surface area contributed by atoms with E-state index in [2.05, 4.69) is 20.8 Å². The van der Waals surface area contributed by atoms with E-state index < -0.39 is 0 Å². The molecule has 0 N–H and O–H groups in total. The number of thiazole rings is 1. The van der Waals surface area contributed by atoms with Crippen molar-refractivity contribution >= 4 is 44.9 Å². The van der Waals surface area contributed by atoms with Gasteiger partial charge in [0.1, 0.15) is 5.01 Å². The molecule has 8 heteroatoms. The third kappa shape index (κ3) is 4.16. The summed E-state index contributed by atoms with van der Waals surface area (Å²) in [5.74, 6) is 1.57. The van der Waals surface area contributed by atoms with Crippen LogP contribution in [0.15, 0.2) is 53.7 Å². The van der Waals surface area contributed by atoms with Gasteiger partial charge in [-0.2, -0.15) is 0 Å². The van der Waals surface area contributed by atoms with Crippen LogP contribution in [0.3, 0.4) is 0 Å². The smallest absolute Gasteiger partial charge is 0.191 e. The summed E-state index contributed by atoms with van der Waals surface area (Å²) in [5.41, 5.74) is 2.02. The molecule has 2 aromatic carbocycles. The van der Waals surface area contributed by atoms with E-state index in [1.165, 1.54) is 4.70 Å². The molecule has 0 unspecified atom stereocenters. The minimum absolute atomic E-state index is 0.591. The van der Waals surface area contributed by atoms with E-state index in [0.29, 0.717) is 18.2 Å². The highest BCUT2D eigenvalue weighted by atomic mass is 35.5. The van der Waals surface area contributed by atoms with Crippen molar-refractivity contribution in [3.63, 3.8) is 0 Å². The minimum atomic E-state index is 0.591. The zero-order chi connectivity index (χ0) is 18.6. The largest absolute Gasteiger partial charge is 0.383 e. The van der Waals surface area contributed by atoms with Gasteiger partial charge in [-0.05, 0) is 36.4 Å². The Morgan fingerprint density at radius 1 is 1.11 bits per heavy atom. The van der Waals surface area contributed by atoms with Crippen molar-refractivity contribution in [2.24, 2.45) is 0 Å². The van der Waals surface area contributed by atoms with Crippen LogP contribution in [0.1, 0.15) is 5.01 Å². The SMILES string of the molecule is COCCn1c(SCc2nc3ccccc3s2)nnc1-c1ccc(Cl)cc1. The van der Waals surface area contributed by atoms with Crippen LogP contribution in [0.5, 0.6) is 0 Å². The van der Waals surface area contributed by atoms with Gasteiger partial charge in [0, 0.05) is 17.7 Å². The molecule has 2 heterocycles. The van der Waals surface area contributed by atoms with Crippen molar-refractivity contribution in [3.8, 4) is 11.4 Å². The van der Waals surface area contributed by atoms with Gasteiger partial charge in [-0.1, -0.05) is 35.5 Å². The second-order valence-electron chi connectivity index (χ2n) is 5.82. The summed E-state index contributed by atoms with van der Waals surface area (Å²) in [7, 11) is 1.69. The van der Waals surface area contributed by atoms with E-state index in [1.54, 1.807) is 30.2 Å². The maximum atomic E-state index is 6.01. The Balaban J connectivity index is 1.58. The lowest BCUT2D eigenvalue weighted by molar-refractivity contribution is 0.185. The van der Waals surface area contributed by atoms with Gasteiger partial charge in [0.2, 0.25) is 0 Å². The van der Waals surface area contributed by atoms with Crippen LogP contribution in [0.25, 0.3) is 21.6 Å². The molecular weight excluding hydrogens is 400 g/mol. The van der Waals surface area contributed by atoms with Crippen LogP contribution < -0.4 is 0 Å². The monoisotopic (exact) mass is 416 g/mol. The lowest BCUT2D eigenvalue weighted by Crippen LogP contribution is -2.07. The Hall–Kier alpha value is -1.93. The van der Waals surface area contributed by atoms with Crippen molar-refractivity contribution in [1.29, 1.82) is 0 Å². The fourth-order valence-electron chi connectivity index (χ4n) is 2.70. The van der Waals surface area contributed by atoms with Gasteiger partial charge in [0.05, 0.1) is 29.1 Å². The molecule has 0 saturated carbocycles. The molecular formula is C19H17ClN4OS2. The summed E-state index contributed by atoms with van der Waals surface area (Å²) in [6, 6.07) is 15.8. The molecule has 0 aliphatic heterocycles. The number of aromatic nitrogens is 4. The second-order valence-corrected chi connectivity index (χ2v) is 8.32. The highest BCUT2D eigenvalue weighted by molar-refractivity contribution is 7.98. The molecule has 0 saturated heterocycles. The highest BCUT2D eigenvalue weighted by Crippen LogP contribution is 2.30. The van der Waals surface area contributed by atoms with E-state index in [0.717, 1.165) is 32.8 Å². The number of rotatable bonds is 7. The Bertz CT molecular complexity index is 1010. The molecule has 4 rings (SSSR count). The maximum absolute atomic E-state index is 6.01. The topological polar surface area (TPSA) is 52.8 Å². The first-order valence-corrected chi connectivity index (χ1v) is 10.6. The van der Waals surface area contributed by atoms with Crippen LogP contribution in [-0.4, -0.2) is 33.5 Å². The molecule has 0 aliphatic rings. The van der Waals surface area contributed by atoms with Gasteiger partial charge in [-0.3, -0.25) is 4.57 Å². The summed E-state index contributed by atoms with van der Waals surface area (Å²) >= 11 is 9.36. The Morgan fingerprint density at radius 2 is 1.93 bits per heavy atom. The zero-order valence-corrected chi connectivity index (χ0v) is 17.0. The average molecular weight is 417 g/mol. The molecule has 0 spiro atoms. The van der Waals surface area contributed by atoms with Crippen molar-refractivity contribution < 1.29 is 4.74 Å². The van der Waals surface area contributed by atoms with Crippen molar-refractivity contribution in [2.75, 3.05) is 13.7 Å². The van der Waals surface area contributed by atoms with E-state index in [1.807, 2.05) is 42.5 Å². The molecule has 0 amide bonds. The predicted octanol–water partition coefficient (Wildman–Crippen LogP) is 5.15. The number of para-hydroxylation sites is 1. The van der Waals surface area contributed by atoms with Crippen LogP contribution in [0, 0.1) is 0 Å². The first-order chi connectivity index (χ1) is 13.2. The predicted molar refractivity (Wildman–Crippen MR) is 112 cm³/mol. The van der Waals surface area contributed by atoms with Gasteiger partial charge in [-0.25, -0.2) is 4.98 Å². The van der Waals surface area contributed by atoms with Crippen LogP contribution in [0.4, 0.5) is 0 Å². The quantitative estimate of drug-likeness (QED) is 0.390. The number of fused-ring (bicyclic) bond motifs is 1. The number of nitrogens with zero attached hydrogens (tertiary/aromatic N) is 4. The van der Waals surface area contributed by atoms with Crippen LogP contribution >= 0.6 is 34.7 Å². The average Bonchev–Trinajstić information content (AvgIpc) is 3.28. The number of hydrogen-bond acceptors (Lipinski definition) is 6. The van der Waals surface area contributed by atoms with E-state index in [-0.39, 0.29) is 0 Å². The van der Waals surface area contributed by atoms with Gasteiger partial charge in [0.25, 0.3) is 0 Å². The van der Waals surface area contributed by atoms with Crippen LogP contribution in [-0.2, 0) is 17.0 Å². The fourth-order valence-corrected chi connectivity index (χ4v) is 4.75. The molecule has 0 aliphatic carbocycles. The van der Waals surface area contributed by atoms with Gasteiger partial charge in [0.15, 0.2) is 11.0 Å². The molecule has 4 aromatic rings. The maximum Gasteiger partial charge on any atom is 0.191 e. The summed E-state index contributed by atoms with van der Waals surface area (Å²) in [6.07, 6.45) is 0. The highest BCUT2D eigenvalue weighted by Gasteiger charge is 2.15. The number of halogens is 1. The van der Waals surface area contributed by atoms with Crippen molar-refractivity contribution in [1.82, 2.24) is 19.7 Å². The summed E-state index contributed by atoms with van der Waals surface area (Å²) in [4.78, 5) is 4.70. The Labute approximate surface area is 170 Å². The summed E-state index contributed by atoms with van der Waals surface area (Å²) in [5, 5.41) is 11.4. The number of hydrogen-bond donors (Lipinski definition) is 0. The minimum Gasteiger partial charge on any atom is -0.383 e. The molecule has 0 fully saturated rings. The molecule has 138 valence electrons. The van der Waals surface area contributed by atoms with Gasteiger partial charge >= 0.3 is 0 Å². The molecule has 0 atom stereocenters. The van der Waals surface area contributed by atoms with Crippen LogP contribution in [0.2, 0.25) is 5.02 Å². The summed E-state index contributed by atoms with van der Waals surface area (Å²) in [6.45, 7) is 1.27. The Kier molecular flexibility index (Phi) is 5.73. The van der Waals surface area contributed by atoms with Crippen molar-refractivity contribution in [2.45, 2.75) is 17.5 Å². The third-order valence-electron chi connectivity index (χ3n) is 4.00. The lowest BCUT2D eigenvalue weighted by Gasteiger charge is -2.09. The van der Waals surface area contributed by atoms with Gasteiger partial charge < -0.3 is 4.74 Å². The standard InChI is InChI=1S/C19H17ClN4OS2/c1-25-11-10-24-18(13-6-8-14(20)9-7-13)22-23-19(24)26-12-17-21-15-4-2-3-5-16(15)27-17/h2-9H,10-12H2,1H3. The zero-order valence-electron chi connectivity index (χ0n) is 14.6. The first-order valence-electron chi connectivity index (χ1n) is 8.40. The van der Waals surface area contributed by atoms with E-state index in [4.69, 9.17) is 21.3 Å². The molecule has 2 aromatic heterocycles. The number of benzene rings is 2. The summed E-state index contributed by atoms with van der Waals surface area (Å²) < 4.78 is 8.56. The van der Waals surface area contributed by atoms with E-state index >= 15 is 0 Å². The number of thioether (sulfide) groups is 1. The molecule has 0 radical (unpaired) electrons. The fraction of sp³-hybridized carbons (Fsp3) is 0.211. The first kappa shape index (κ1) is 18.4. The van der Waals surface area contributed by atoms with Gasteiger partial charge in [-0.15, -0.1) is 21.5 Å². The lowest BCUT2D eigenvalue weighted by atomic mass is 10.2. The van der Waals surface area contributed by atoms with Crippen molar-refractivity contribution in [3.05, 3.63) is 58.6 Å². The van der Waals surface area contributed by atoms with E-state index in [9.17, 15) is 0 Å². The normalized spacial score (nSPS) is 11.3. The second kappa shape index (κ2) is 8.39. The Morgan fingerprint density at radius 3 is 2.70 bits per heavy atom. The molecule has 0 bridgehead atoms. The number of ether oxygens (including phenoxy) is 1. The third-order valence-corrected chi connectivity index (χ3v) is 6.45. The molecule has 27 heavy (non-hydrogen) atoms. The number of methoxy groups -OCH3 is 1.